The Balaban J connectivity index is 1.55. The molecule has 1 fully saturated rings. The molecule has 1 aliphatic rings. The van der Waals surface area contributed by atoms with Crippen molar-refractivity contribution in [1.82, 2.24) is 20.1 Å². The van der Waals surface area contributed by atoms with Crippen molar-refractivity contribution in [3.63, 3.8) is 0 Å². The van der Waals surface area contributed by atoms with Crippen LogP contribution in [0.5, 0.6) is 0 Å². The first kappa shape index (κ1) is 17.1. The van der Waals surface area contributed by atoms with Gasteiger partial charge in [0.05, 0.1) is 0 Å². The van der Waals surface area contributed by atoms with Gasteiger partial charge in [-0.25, -0.2) is 4.98 Å². The van der Waals surface area contributed by atoms with Crippen LogP contribution in [-0.4, -0.2) is 46.1 Å². The number of hydrogen-bond acceptors (Lipinski definition) is 6. The van der Waals surface area contributed by atoms with E-state index in [-0.39, 0.29) is 11.8 Å². The van der Waals surface area contributed by atoms with Crippen molar-refractivity contribution in [3.8, 4) is 10.6 Å². The molecule has 4 rings (SSSR count). The van der Waals surface area contributed by atoms with Gasteiger partial charge in [0.1, 0.15) is 15.8 Å². The van der Waals surface area contributed by atoms with Crippen LogP contribution in [0.15, 0.2) is 30.5 Å². The van der Waals surface area contributed by atoms with Crippen molar-refractivity contribution in [3.05, 3.63) is 35.5 Å². The minimum atomic E-state index is 0.0689. The molecule has 3 aromatic rings. The Bertz CT molecular complexity index is 946. The van der Waals surface area contributed by atoms with Crippen LogP contribution in [0.1, 0.15) is 17.8 Å². The van der Waals surface area contributed by atoms with Gasteiger partial charge in [-0.2, -0.15) is 0 Å². The SMILES string of the molecule is Cc1nnc(-c2ccc3cnc(NC(=O)C4CCN(C)CC4)cc3c2)s1. The third kappa shape index (κ3) is 3.59. The first-order valence-electron chi connectivity index (χ1n) is 8.78. The molecule has 7 heteroatoms. The number of benzene rings is 1. The molecule has 6 nitrogen and oxygen atoms in total. The van der Waals surface area contributed by atoms with E-state index in [1.807, 2.05) is 25.1 Å². The summed E-state index contributed by atoms with van der Waals surface area (Å²) in [5.41, 5.74) is 1.03. The number of amides is 1. The summed E-state index contributed by atoms with van der Waals surface area (Å²) >= 11 is 1.57. The van der Waals surface area contributed by atoms with Gasteiger partial charge in [-0.05, 0) is 57.4 Å². The standard InChI is InChI=1S/C19H21N5OS/c1-12-22-23-19(26-12)14-3-4-15-11-20-17(10-16(15)9-14)21-18(25)13-5-7-24(2)8-6-13/h3-4,9-11,13H,5-8H2,1-2H3,(H,20,21,25). The van der Waals surface area contributed by atoms with E-state index >= 15 is 0 Å². The average molecular weight is 367 g/mol. The normalized spacial score (nSPS) is 16.1. The van der Waals surface area contributed by atoms with Crippen molar-refractivity contribution in [2.45, 2.75) is 19.8 Å². The minimum absolute atomic E-state index is 0.0689. The number of aryl methyl sites for hydroxylation is 1. The number of carbonyl (C=O) groups excluding carboxylic acids is 1. The van der Waals surface area contributed by atoms with Crippen LogP contribution >= 0.6 is 11.3 Å². The molecule has 0 saturated carbocycles. The molecule has 0 atom stereocenters. The lowest BCUT2D eigenvalue weighted by molar-refractivity contribution is -0.121. The quantitative estimate of drug-likeness (QED) is 0.769. The van der Waals surface area contributed by atoms with Gasteiger partial charge < -0.3 is 10.2 Å². The van der Waals surface area contributed by atoms with E-state index in [1.54, 1.807) is 17.5 Å². The molecule has 0 unspecified atom stereocenters. The van der Waals surface area contributed by atoms with Gasteiger partial charge in [0.2, 0.25) is 5.91 Å². The zero-order valence-corrected chi connectivity index (χ0v) is 15.7. The van der Waals surface area contributed by atoms with Gasteiger partial charge in [0.15, 0.2) is 0 Å². The van der Waals surface area contributed by atoms with E-state index in [9.17, 15) is 4.79 Å². The number of carbonyl (C=O) groups is 1. The van der Waals surface area contributed by atoms with E-state index in [1.165, 1.54) is 0 Å². The van der Waals surface area contributed by atoms with Crippen molar-refractivity contribution in [2.75, 3.05) is 25.5 Å². The lowest BCUT2D eigenvalue weighted by atomic mass is 9.96. The highest BCUT2D eigenvalue weighted by atomic mass is 32.1. The fourth-order valence-corrected chi connectivity index (χ4v) is 3.94. The van der Waals surface area contributed by atoms with Gasteiger partial charge in [-0.15, -0.1) is 10.2 Å². The summed E-state index contributed by atoms with van der Waals surface area (Å²) < 4.78 is 0. The lowest BCUT2D eigenvalue weighted by Gasteiger charge is -2.27. The van der Waals surface area contributed by atoms with Gasteiger partial charge in [-0.1, -0.05) is 23.5 Å². The van der Waals surface area contributed by atoms with Gasteiger partial charge >= 0.3 is 0 Å². The molecule has 0 spiro atoms. The molecular formula is C19H21N5OS. The van der Waals surface area contributed by atoms with Crippen molar-refractivity contribution in [1.29, 1.82) is 0 Å². The zero-order chi connectivity index (χ0) is 18.1. The highest BCUT2D eigenvalue weighted by molar-refractivity contribution is 7.14. The molecule has 1 aromatic carbocycles. The molecule has 26 heavy (non-hydrogen) atoms. The molecule has 0 radical (unpaired) electrons. The molecule has 0 aliphatic carbocycles. The monoisotopic (exact) mass is 367 g/mol. The number of fused-ring (bicyclic) bond motifs is 1. The van der Waals surface area contributed by atoms with Gasteiger partial charge in [0, 0.05) is 23.1 Å². The highest BCUT2D eigenvalue weighted by Gasteiger charge is 2.23. The lowest BCUT2D eigenvalue weighted by Crippen LogP contribution is -2.36. The fourth-order valence-electron chi connectivity index (χ4n) is 3.25. The molecule has 134 valence electrons. The van der Waals surface area contributed by atoms with Crippen LogP contribution in [0, 0.1) is 12.8 Å². The van der Waals surface area contributed by atoms with E-state index < -0.39 is 0 Å². The molecule has 1 saturated heterocycles. The molecule has 1 N–H and O–H groups in total. The number of aromatic nitrogens is 3. The Labute approximate surface area is 156 Å². The van der Waals surface area contributed by atoms with E-state index in [0.717, 1.165) is 52.3 Å². The van der Waals surface area contributed by atoms with E-state index in [4.69, 9.17) is 0 Å². The Kier molecular flexibility index (Phi) is 4.65. The summed E-state index contributed by atoms with van der Waals surface area (Å²) in [6.07, 6.45) is 3.60. The van der Waals surface area contributed by atoms with Gasteiger partial charge in [-0.3, -0.25) is 4.79 Å². The third-order valence-corrected chi connectivity index (χ3v) is 5.72. The Hall–Kier alpha value is -2.38. The summed E-state index contributed by atoms with van der Waals surface area (Å²) in [7, 11) is 2.09. The number of nitrogens with zero attached hydrogens (tertiary/aromatic N) is 4. The predicted molar refractivity (Wildman–Crippen MR) is 104 cm³/mol. The van der Waals surface area contributed by atoms with Crippen LogP contribution < -0.4 is 5.32 Å². The molecule has 3 heterocycles. The van der Waals surface area contributed by atoms with Crippen LogP contribution in [-0.2, 0) is 4.79 Å². The number of pyridine rings is 1. The van der Waals surface area contributed by atoms with Crippen LogP contribution in [0.3, 0.4) is 0 Å². The third-order valence-electron chi connectivity index (χ3n) is 4.84. The predicted octanol–water partition coefficient (Wildman–Crippen LogP) is 3.34. The average Bonchev–Trinajstić information content (AvgIpc) is 3.08. The maximum atomic E-state index is 12.5. The summed E-state index contributed by atoms with van der Waals surface area (Å²) in [5, 5.41) is 15.2. The van der Waals surface area contributed by atoms with Crippen LogP contribution in [0.2, 0.25) is 0 Å². The minimum Gasteiger partial charge on any atom is -0.310 e. The second-order valence-corrected chi connectivity index (χ2v) is 8.01. The Morgan fingerprint density at radius 2 is 2.00 bits per heavy atom. The number of nitrogens with one attached hydrogen (secondary N) is 1. The summed E-state index contributed by atoms with van der Waals surface area (Å²) in [6.45, 7) is 3.88. The maximum absolute atomic E-state index is 12.5. The number of hydrogen-bond donors (Lipinski definition) is 1. The number of likely N-dealkylation sites (tertiary alicyclic amines) is 1. The van der Waals surface area contributed by atoms with Crippen LogP contribution in [0.25, 0.3) is 21.3 Å². The fraction of sp³-hybridized carbons (Fsp3) is 0.368. The molecule has 1 amide bonds. The van der Waals surface area contributed by atoms with Crippen molar-refractivity contribution < 1.29 is 4.79 Å². The topological polar surface area (TPSA) is 71.0 Å². The molecule has 2 aromatic heterocycles. The smallest absolute Gasteiger partial charge is 0.228 e. The summed E-state index contributed by atoms with van der Waals surface area (Å²) in [4.78, 5) is 19.2. The summed E-state index contributed by atoms with van der Waals surface area (Å²) in [6, 6.07) is 8.06. The first-order valence-corrected chi connectivity index (χ1v) is 9.60. The van der Waals surface area contributed by atoms with Crippen molar-refractivity contribution in [2.24, 2.45) is 5.92 Å². The van der Waals surface area contributed by atoms with Gasteiger partial charge in [0.25, 0.3) is 0 Å². The van der Waals surface area contributed by atoms with Crippen LogP contribution in [0.4, 0.5) is 5.82 Å². The maximum Gasteiger partial charge on any atom is 0.228 e. The zero-order valence-electron chi connectivity index (χ0n) is 14.9. The van der Waals surface area contributed by atoms with E-state index in [0.29, 0.717) is 5.82 Å². The second kappa shape index (κ2) is 7.09. The Morgan fingerprint density at radius 3 is 2.73 bits per heavy atom. The number of piperidine rings is 1. The summed E-state index contributed by atoms with van der Waals surface area (Å²) in [5.74, 6) is 0.743. The number of rotatable bonds is 3. The molecule has 1 aliphatic heterocycles. The molecular weight excluding hydrogens is 346 g/mol. The van der Waals surface area contributed by atoms with E-state index in [2.05, 4.69) is 38.5 Å². The Morgan fingerprint density at radius 1 is 1.19 bits per heavy atom. The highest BCUT2D eigenvalue weighted by Crippen LogP contribution is 2.28. The molecule has 0 bridgehead atoms. The first-order chi connectivity index (χ1) is 12.6. The second-order valence-electron chi connectivity index (χ2n) is 6.82. The van der Waals surface area contributed by atoms with Crippen molar-refractivity contribution >= 4 is 33.8 Å². The largest absolute Gasteiger partial charge is 0.310 e. The number of anilines is 1.